The third kappa shape index (κ3) is 7.34. The molecule has 1 aromatic carbocycles. The topological polar surface area (TPSA) is 110 Å². The summed E-state index contributed by atoms with van der Waals surface area (Å²) in [6.07, 6.45) is -2.85. The van der Waals surface area contributed by atoms with Crippen molar-refractivity contribution in [3.8, 4) is 23.3 Å². The van der Waals surface area contributed by atoms with Gasteiger partial charge in [-0.3, -0.25) is 14.2 Å². The van der Waals surface area contributed by atoms with Gasteiger partial charge in [0.25, 0.3) is 17.5 Å². The van der Waals surface area contributed by atoms with E-state index in [0.29, 0.717) is 15.9 Å². The monoisotopic (exact) mass is 605 g/mol. The first-order valence-corrected chi connectivity index (χ1v) is 11.8. The van der Waals surface area contributed by atoms with E-state index < -0.39 is 23.2 Å². The van der Waals surface area contributed by atoms with Crippen LogP contribution in [0.15, 0.2) is 46.1 Å². The van der Waals surface area contributed by atoms with Gasteiger partial charge < -0.3 is 14.6 Å². The number of hydrogen-bond acceptors (Lipinski definition) is 7. The molecule has 0 unspecified atom stereocenters. The number of nitrogens with zero attached hydrogens (tertiary/aromatic N) is 4. The van der Waals surface area contributed by atoms with Gasteiger partial charge in [0.2, 0.25) is 5.75 Å². The zero-order chi connectivity index (χ0) is 27.8. The van der Waals surface area contributed by atoms with Gasteiger partial charge in [-0.1, -0.05) is 41.4 Å². The molecule has 37 heavy (non-hydrogen) atoms. The number of pyridine rings is 1. The summed E-state index contributed by atoms with van der Waals surface area (Å²) >= 11 is 9.21. The smallest absolute Gasteiger partial charge is 0.437 e. The van der Waals surface area contributed by atoms with Crippen molar-refractivity contribution >= 4 is 27.5 Å². The molecule has 0 bridgehead atoms. The van der Waals surface area contributed by atoms with E-state index in [4.69, 9.17) is 31.0 Å². The van der Waals surface area contributed by atoms with Gasteiger partial charge in [0, 0.05) is 15.3 Å². The Balaban J connectivity index is 0.00000235. The third-order valence-electron chi connectivity index (χ3n) is 4.46. The van der Waals surface area contributed by atoms with Gasteiger partial charge in [-0.05, 0) is 18.2 Å². The fraction of sp³-hybridized carbons (Fsp3) is 0.304. The number of ether oxygens (including phenoxy) is 2. The summed E-state index contributed by atoms with van der Waals surface area (Å²) in [7, 11) is 1.34. The average molecular weight is 607 g/mol. The number of hydrogen-bond donors (Lipinski definition) is 1. The Labute approximate surface area is 223 Å². The lowest BCUT2D eigenvalue weighted by atomic mass is 10.2. The molecule has 1 N–H and O–H groups in total. The fourth-order valence-corrected chi connectivity index (χ4v) is 3.54. The lowest BCUT2D eigenvalue weighted by Crippen LogP contribution is -2.45. The molecule has 3 rings (SSSR count). The van der Waals surface area contributed by atoms with Crippen molar-refractivity contribution in [2.75, 3.05) is 20.3 Å². The van der Waals surface area contributed by atoms with Crippen molar-refractivity contribution in [2.45, 2.75) is 26.6 Å². The minimum Gasteiger partial charge on any atom is -0.485 e. The number of rotatable bonds is 8. The number of halogens is 5. The molecule has 0 amide bonds. The van der Waals surface area contributed by atoms with Gasteiger partial charge in [-0.15, -0.1) is 0 Å². The summed E-state index contributed by atoms with van der Waals surface area (Å²) in [6.45, 7) is 3.59. The van der Waals surface area contributed by atoms with Gasteiger partial charge >= 0.3 is 6.18 Å². The Morgan fingerprint density at radius 2 is 2.00 bits per heavy atom. The standard InChI is InChI=1S/C21H16BrClF3N4O5.C2H6/c1-33-30-10-15(34-5-4-31)3-2-14(30)9-29-11-28-19(21(24,25)26)18(20(29)32)35-16-7-13(22)6-12(8-27)17(16)23;1-2/h2-3,6-7,10-11,31H,4-5,9H2,1H3;1-2H3/q+1;. The van der Waals surface area contributed by atoms with Gasteiger partial charge in [-0.25, -0.2) is 4.98 Å². The molecule has 0 fully saturated rings. The van der Waals surface area contributed by atoms with Crippen LogP contribution in [0.25, 0.3) is 0 Å². The molecule has 0 spiro atoms. The minimum atomic E-state index is -5.01. The average Bonchev–Trinajstić information content (AvgIpc) is 2.87. The van der Waals surface area contributed by atoms with E-state index in [-0.39, 0.29) is 36.1 Å². The Morgan fingerprint density at radius 3 is 2.59 bits per heavy atom. The number of aliphatic hydroxyl groups is 1. The normalized spacial score (nSPS) is 10.7. The predicted molar refractivity (Wildman–Crippen MR) is 130 cm³/mol. The summed E-state index contributed by atoms with van der Waals surface area (Å²) in [5, 5.41) is 17.8. The largest absolute Gasteiger partial charge is 0.485 e. The summed E-state index contributed by atoms with van der Waals surface area (Å²) in [5.41, 5.74) is -2.42. The lowest BCUT2D eigenvalue weighted by Gasteiger charge is -2.15. The van der Waals surface area contributed by atoms with Crippen LogP contribution in [-0.2, 0) is 12.7 Å². The molecule has 0 aliphatic carbocycles. The van der Waals surface area contributed by atoms with Crippen LogP contribution in [-0.4, -0.2) is 35.0 Å². The van der Waals surface area contributed by atoms with Crippen molar-refractivity contribution in [3.63, 3.8) is 0 Å². The Bertz CT molecular complexity index is 1350. The summed E-state index contributed by atoms with van der Waals surface area (Å²) in [6, 6.07) is 7.42. The van der Waals surface area contributed by atoms with Crippen molar-refractivity contribution in [3.05, 3.63) is 73.6 Å². The van der Waals surface area contributed by atoms with Gasteiger partial charge in [0.1, 0.15) is 37.1 Å². The molecular weight excluding hydrogens is 585 g/mol. The Hall–Kier alpha value is -3.34. The predicted octanol–water partition coefficient (Wildman–Crippen LogP) is 4.13. The molecule has 14 heteroatoms. The molecule has 3 aromatic rings. The maximum absolute atomic E-state index is 13.6. The maximum atomic E-state index is 13.6. The van der Waals surface area contributed by atoms with Crippen LogP contribution in [0.4, 0.5) is 13.2 Å². The maximum Gasteiger partial charge on any atom is 0.437 e. The molecule has 0 saturated carbocycles. The highest BCUT2D eigenvalue weighted by atomic mass is 79.9. The number of aliphatic hydroxyl groups excluding tert-OH is 1. The van der Waals surface area contributed by atoms with Crippen LogP contribution in [0.2, 0.25) is 5.02 Å². The van der Waals surface area contributed by atoms with Crippen LogP contribution < -0.4 is 24.6 Å². The van der Waals surface area contributed by atoms with E-state index in [2.05, 4.69) is 20.9 Å². The highest BCUT2D eigenvalue weighted by Crippen LogP contribution is 2.38. The number of nitriles is 1. The molecule has 0 aliphatic rings. The van der Waals surface area contributed by atoms with E-state index >= 15 is 0 Å². The number of benzene rings is 1. The first-order chi connectivity index (χ1) is 17.6. The SMILES string of the molecule is CC.CO[n+]1cc(OCCO)ccc1Cn1cnc(C(F)(F)F)c(Oc2cc(Br)cc(C#N)c2Cl)c1=O. The van der Waals surface area contributed by atoms with Gasteiger partial charge in [0.05, 0.1) is 18.5 Å². The van der Waals surface area contributed by atoms with Crippen LogP contribution in [0.3, 0.4) is 0 Å². The van der Waals surface area contributed by atoms with Crippen LogP contribution in [0.5, 0.6) is 17.2 Å². The van der Waals surface area contributed by atoms with Gasteiger partial charge in [0.15, 0.2) is 11.4 Å². The second-order valence-electron chi connectivity index (χ2n) is 6.77. The van der Waals surface area contributed by atoms with E-state index in [1.54, 1.807) is 6.07 Å². The molecule has 0 atom stereocenters. The van der Waals surface area contributed by atoms with Crippen molar-refractivity contribution in [2.24, 2.45) is 0 Å². The second-order valence-corrected chi connectivity index (χ2v) is 8.06. The number of alkyl halides is 3. The van der Waals surface area contributed by atoms with Crippen LogP contribution in [0, 0.1) is 11.3 Å². The van der Waals surface area contributed by atoms with Crippen molar-refractivity contribution in [1.29, 1.82) is 5.26 Å². The number of aromatic nitrogens is 3. The molecule has 2 heterocycles. The molecule has 2 aromatic heterocycles. The highest BCUT2D eigenvalue weighted by Gasteiger charge is 2.39. The minimum absolute atomic E-state index is 0.0394. The zero-order valence-corrected chi connectivity index (χ0v) is 22.2. The molecule has 0 saturated heterocycles. The Morgan fingerprint density at radius 1 is 1.30 bits per heavy atom. The molecule has 0 aliphatic heterocycles. The van der Waals surface area contributed by atoms with Crippen molar-refractivity contribution < 1.29 is 37.3 Å². The van der Waals surface area contributed by atoms with Crippen LogP contribution >= 0.6 is 27.5 Å². The van der Waals surface area contributed by atoms with E-state index in [9.17, 15) is 23.2 Å². The highest BCUT2D eigenvalue weighted by molar-refractivity contribution is 9.10. The molecule has 0 radical (unpaired) electrons. The van der Waals surface area contributed by atoms with E-state index in [0.717, 1.165) is 10.9 Å². The summed E-state index contributed by atoms with van der Waals surface area (Å²) < 4.78 is 53.9. The quantitative estimate of drug-likeness (QED) is 0.384. The van der Waals surface area contributed by atoms with E-state index in [1.165, 1.54) is 42.3 Å². The molecule has 198 valence electrons. The lowest BCUT2D eigenvalue weighted by molar-refractivity contribution is -0.890. The first kappa shape index (κ1) is 29.9. The zero-order valence-electron chi connectivity index (χ0n) is 19.8. The molecular formula is C23H22BrClF3N4O5+. The Kier molecular flexibility index (Phi) is 10.7. The van der Waals surface area contributed by atoms with Crippen molar-refractivity contribution in [1.82, 2.24) is 9.55 Å². The van der Waals surface area contributed by atoms with Gasteiger partial charge in [-0.2, -0.15) is 18.4 Å². The summed E-state index contributed by atoms with van der Waals surface area (Å²) in [5.74, 6) is -1.10. The summed E-state index contributed by atoms with van der Waals surface area (Å²) in [4.78, 5) is 21.7. The second kappa shape index (κ2) is 13.3. The fourth-order valence-electron chi connectivity index (χ4n) is 2.92. The first-order valence-electron chi connectivity index (χ1n) is 10.6. The molecule has 9 nitrogen and oxygen atoms in total. The van der Waals surface area contributed by atoms with E-state index in [1.807, 2.05) is 13.8 Å². The van der Waals surface area contributed by atoms with Crippen LogP contribution in [0.1, 0.15) is 30.8 Å². The third-order valence-corrected chi connectivity index (χ3v) is 5.31.